The van der Waals surface area contributed by atoms with Gasteiger partial charge in [0.2, 0.25) is 5.75 Å². The number of fused-ring (bicyclic) bond motifs is 1. The lowest BCUT2D eigenvalue weighted by Crippen LogP contribution is -2.27. The number of carbonyl (C=O) groups excluding carboxylic acids is 1. The van der Waals surface area contributed by atoms with E-state index in [1.165, 1.54) is 21.3 Å². The van der Waals surface area contributed by atoms with Crippen molar-refractivity contribution in [2.24, 2.45) is 0 Å². The first-order valence-corrected chi connectivity index (χ1v) is 11.7. The molecular weight excluding hydrogens is 464 g/mol. The van der Waals surface area contributed by atoms with Crippen LogP contribution in [0.3, 0.4) is 0 Å². The van der Waals surface area contributed by atoms with Crippen molar-refractivity contribution in [3.05, 3.63) is 83.8 Å². The van der Waals surface area contributed by atoms with Crippen LogP contribution in [0.15, 0.2) is 71.9 Å². The van der Waals surface area contributed by atoms with Gasteiger partial charge in [-0.25, -0.2) is 4.98 Å². The fourth-order valence-electron chi connectivity index (χ4n) is 3.59. The van der Waals surface area contributed by atoms with E-state index in [9.17, 15) is 10.1 Å². The monoisotopic (exact) mass is 488 g/mol. The van der Waals surface area contributed by atoms with Gasteiger partial charge in [-0.05, 0) is 54.1 Å². The Bertz CT molecular complexity index is 1320. The van der Waals surface area contributed by atoms with Gasteiger partial charge in [-0.15, -0.1) is 11.8 Å². The van der Waals surface area contributed by atoms with E-state index in [0.29, 0.717) is 34.1 Å². The summed E-state index contributed by atoms with van der Waals surface area (Å²) in [6, 6.07) is 17.7. The molecule has 0 aliphatic rings. The predicted octanol–water partition coefficient (Wildman–Crippen LogP) is 4.65. The van der Waals surface area contributed by atoms with Gasteiger partial charge in [0, 0.05) is 28.6 Å². The van der Waals surface area contributed by atoms with Crippen molar-refractivity contribution >= 4 is 23.3 Å². The average Bonchev–Trinajstić information content (AvgIpc) is 3.33. The molecule has 0 radical (unpaired) electrons. The first-order valence-electron chi connectivity index (χ1n) is 10.7. The maximum absolute atomic E-state index is 12.8. The number of aromatic nitrogens is 2. The summed E-state index contributed by atoms with van der Waals surface area (Å²) in [7, 11) is 4.49. The van der Waals surface area contributed by atoms with Gasteiger partial charge in [0.15, 0.2) is 11.5 Å². The molecule has 178 valence electrons. The molecule has 9 heteroatoms. The van der Waals surface area contributed by atoms with Crippen LogP contribution in [-0.4, -0.2) is 36.6 Å². The number of rotatable bonds is 9. The Balaban J connectivity index is 1.43. The van der Waals surface area contributed by atoms with Crippen molar-refractivity contribution in [1.82, 2.24) is 14.7 Å². The molecule has 2 heterocycles. The number of nitrogens with zero attached hydrogens (tertiary/aromatic N) is 3. The summed E-state index contributed by atoms with van der Waals surface area (Å²) in [4.78, 5) is 18.5. The number of nitriles is 1. The van der Waals surface area contributed by atoms with Crippen LogP contribution in [0.4, 0.5) is 0 Å². The topological polar surface area (TPSA) is 97.9 Å². The number of thioether (sulfide) groups is 1. The first-order chi connectivity index (χ1) is 17.1. The lowest BCUT2D eigenvalue weighted by Gasteiger charge is -2.17. The van der Waals surface area contributed by atoms with E-state index in [-0.39, 0.29) is 5.91 Å². The summed E-state index contributed by atoms with van der Waals surface area (Å²) in [6.07, 6.45) is 3.98. The Morgan fingerprint density at radius 2 is 1.80 bits per heavy atom. The Kier molecular flexibility index (Phi) is 7.43. The zero-order chi connectivity index (χ0) is 24.8. The van der Waals surface area contributed by atoms with Gasteiger partial charge in [-0.1, -0.05) is 6.07 Å². The fraction of sp³-hybridized carbons (Fsp3) is 0.192. The normalized spacial score (nSPS) is 11.5. The number of pyridine rings is 1. The van der Waals surface area contributed by atoms with Gasteiger partial charge in [-0.2, -0.15) is 5.26 Å². The van der Waals surface area contributed by atoms with Gasteiger partial charge in [0.05, 0.1) is 33.1 Å². The summed E-state index contributed by atoms with van der Waals surface area (Å²) < 4.78 is 18.0. The van der Waals surface area contributed by atoms with E-state index in [0.717, 1.165) is 16.2 Å². The number of imidazole rings is 1. The van der Waals surface area contributed by atoms with Crippen LogP contribution in [0, 0.1) is 11.3 Å². The molecule has 4 rings (SSSR count). The molecule has 0 saturated heterocycles. The van der Waals surface area contributed by atoms with Crippen molar-refractivity contribution < 1.29 is 19.0 Å². The van der Waals surface area contributed by atoms with Crippen LogP contribution in [-0.2, 0) is 5.75 Å². The average molecular weight is 489 g/mol. The van der Waals surface area contributed by atoms with Crippen LogP contribution in [0.2, 0.25) is 0 Å². The minimum absolute atomic E-state index is 0.359. The summed E-state index contributed by atoms with van der Waals surface area (Å²) in [5, 5.41) is 12.5. The second-order valence-electron chi connectivity index (χ2n) is 7.51. The maximum Gasteiger partial charge on any atom is 0.252 e. The lowest BCUT2D eigenvalue weighted by molar-refractivity contribution is 0.0945. The number of methoxy groups -OCH3 is 3. The van der Waals surface area contributed by atoms with Crippen LogP contribution in [0.1, 0.15) is 27.7 Å². The predicted molar refractivity (Wildman–Crippen MR) is 133 cm³/mol. The molecule has 1 unspecified atom stereocenters. The highest BCUT2D eigenvalue weighted by molar-refractivity contribution is 7.98. The third kappa shape index (κ3) is 5.34. The third-order valence-corrected chi connectivity index (χ3v) is 6.39. The highest BCUT2D eigenvalue weighted by Crippen LogP contribution is 2.39. The van der Waals surface area contributed by atoms with Gasteiger partial charge in [0.25, 0.3) is 5.91 Å². The van der Waals surface area contributed by atoms with Crippen LogP contribution < -0.4 is 19.5 Å². The van der Waals surface area contributed by atoms with E-state index >= 15 is 0 Å². The van der Waals surface area contributed by atoms with Gasteiger partial charge in [0.1, 0.15) is 11.7 Å². The Labute approximate surface area is 207 Å². The molecule has 4 aromatic rings. The standard InChI is InChI=1S/C26H24N4O4S/c1-32-22-12-18(13-23(33-2)25(22)34-3)21(14-27)29-26(31)17-7-9-20(10-8-17)35-16-19-15-30-11-5-4-6-24(30)28-19/h4-13,15,21H,16H2,1-3H3,(H,29,31). The van der Waals surface area contributed by atoms with Gasteiger partial charge < -0.3 is 23.9 Å². The minimum Gasteiger partial charge on any atom is -0.493 e. The van der Waals surface area contributed by atoms with Gasteiger partial charge in [-0.3, -0.25) is 4.79 Å². The quantitative estimate of drug-likeness (QED) is 0.343. The SMILES string of the molecule is COc1cc(C(C#N)NC(=O)c2ccc(SCc3cn4ccccc4n3)cc2)cc(OC)c1OC. The Morgan fingerprint density at radius 1 is 1.09 bits per heavy atom. The number of carbonyl (C=O) groups is 1. The molecule has 0 bridgehead atoms. The molecular formula is C26H24N4O4S. The van der Waals surface area contributed by atoms with Crippen molar-refractivity contribution in [2.45, 2.75) is 16.7 Å². The van der Waals surface area contributed by atoms with Crippen molar-refractivity contribution in [3.8, 4) is 23.3 Å². The number of ether oxygens (including phenoxy) is 3. The molecule has 2 aromatic carbocycles. The summed E-state index contributed by atoms with van der Waals surface area (Å²) >= 11 is 1.64. The van der Waals surface area contributed by atoms with Crippen LogP contribution >= 0.6 is 11.8 Å². The maximum atomic E-state index is 12.8. The largest absolute Gasteiger partial charge is 0.493 e. The van der Waals surface area contributed by atoms with Crippen LogP contribution in [0.5, 0.6) is 17.2 Å². The molecule has 1 atom stereocenters. The van der Waals surface area contributed by atoms with Crippen molar-refractivity contribution in [3.63, 3.8) is 0 Å². The molecule has 35 heavy (non-hydrogen) atoms. The molecule has 0 aliphatic heterocycles. The smallest absolute Gasteiger partial charge is 0.252 e. The van der Waals surface area contributed by atoms with Crippen molar-refractivity contribution in [2.75, 3.05) is 21.3 Å². The lowest BCUT2D eigenvalue weighted by atomic mass is 10.1. The minimum atomic E-state index is -0.902. The van der Waals surface area contributed by atoms with Gasteiger partial charge >= 0.3 is 0 Å². The van der Waals surface area contributed by atoms with E-state index in [4.69, 9.17) is 14.2 Å². The Hall–Kier alpha value is -4.16. The number of benzene rings is 2. The zero-order valence-corrected chi connectivity index (χ0v) is 20.3. The molecule has 0 aliphatic carbocycles. The second-order valence-corrected chi connectivity index (χ2v) is 8.55. The third-order valence-electron chi connectivity index (χ3n) is 5.34. The highest BCUT2D eigenvalue weighted by atomic mass is 32.2. The molecule has 0 fully saturated rings. The molecule has 1 amide bonds. The van der Waals surface area contributed by atoms with E-state index in [1.807, 2.05) is 47.1 Å². The zero-order valence-electron chi connectivity index (χ0n) is 19.5. The second kappa shape index (κ2) is 10.8. The first kappa shape index (κ1) is 24.0. The number of amides is 1. The van der Waals surface area contributed by atoms with E-state index in [2.05, 4.69) is 16.4 Å². The fourth-order valence-corrected chi connectivity index (χ4v) is 4.37. The summed E-state index contributed by atoms with van der Waals surface area (Å²) in [6.45, 7) is 0. The molecule has 0 spiro atoms. The number of nitrogens with one attached hydrogen (secondary N) is 1. The van der Waals surface area contributed by atoms with Crippen molar-refractivity contribution in [1.29, 1.82) is 5.26 Å². The van der Waals surface area contributed by atoms with E-state index < -0.39 is 6.04 Å². The molecule has 1 N–H and O–H groups in total. The van der Waals surface area contributed by atoms with E-state index in [1.54, 1.807) is 36.0 Å². The molecule has 8 nitrogen and oxygen atoms in total. The summed E-state index contributed by atoms with van der Waals surface area (Å²) in [5.74, 6) is 1.58. The molecule has 0 saturated carbocycles. The number of hydrogen-bond acceptors (Lipinski definition) is 7. The molecule has 2 aromatic heterocycles. The Morgan fingerprint density at radius 3 is 2.40 bits per heavy atom. The highest BCUT2D eigenvalue weighted by Gasteiger charge is 2.21. The van der Waals surface area contributed by atoms with Crippen LogP contribution in [0.25, 0.3) is 5.65 Å². The number of hydrogen-bond donors (Lipinski definition) is 1. The summed E-state index contributed by atoms with van der Waals surface area (Å²) in [5.41, 5.74) is 2.87.